The van der Waals surface area contributed by atoms with Crippen LogP contribution in [0.4, 0.5) is 11.4 Å². The number of nitrogens with one attached hydrogen (secondary N) is 2. The molecule has 2 aromatic rings. The zero-order chi connectivity index (χ0) is 21.6. The Morgan fingerprint density at radius 1 is 1.17 bits per heavy atom. The number of rotatable bonds is 8. The zero-order valence-corrected chi connectivity index (χ0v) is 18.0. The van der Waals surface area contributed by atoms with Crippen LogP contribution in [-0.2, 0) is 4.79 Å². The third-order valence-electron chi connectivity index (χ3n) is 4.08. The first kappa shape index (κ1) is 23.0. The van der Waals surface area contributed by atoms with E-state index in [2.05, 4.69) is 10.6 Å². The molecule has 0 bridgehead atoms. The Hall–Kier alpha value is -2.29. The first-order chi connectivity index (χ1) is 13.7. The van der Waals surface area contributed by atoms with Crippen LogP contribution in [0.25, 0.3) is 0 Å². The lowest BCUT2D eigenvalue weighted by Crippen LogP contribution is -2.44. The average Bonchev–Trinajstić information content (AvgIpc) is 2.67. The third kappa shape index (κ3) is 6.35. The molecule has 0 aliphatic carbocycles. The standard InChI is InChI=1S/C19H19Cl2N3O4S/c1-11-3-5-13(10-15(11)21)22-19(26)16(7-8-29-2)23-18(25)12-4-6-14(20)17(9-12)24(27)28/h3-6,9-10,16H,7-8H2,1-2H3,(H,22,26)(H,23,25). The minimum absolute atomic E-state index is 0.0430. The van der Waals surface area contributed by atoms with Gasteiger partial charge in [-0.1, -0.05) is 29.3 Å². The van der Waals surface area contributed by atoms with Crippen LogP contribution in [0.3, 0.4) is 0 Å². The Bertz CT molecular complexity index is 940. The van der Waals surface area contributed by atoms with Crippen molar-refractivity contribution >= 4 is 58.2 Å². The van der Waals surface area contributed by atoms with Crippen LogP contribution in [-0.4, -0.2) is 34.8 Å². The molecule has 0 radical (unpaired) electrons. The van der Waals surface area contributed by atoms with Gasteiger partial charge in [-0.25, -0.2) is 0 Å². The molecule has 1 atom stereocenters. The first-order valence-corrected chi connectivity index (χ1v) is 10.7. The molecule has 0 heterocycles. The quantitative estimate of drug-likeness (QED) is 0.443. The monoisotopic (exact) mass is 455 g/mol. The fraction of sp³-hybridized carbons (Fsp3) is 0.263. The number of thioether (sulfide) groups is 1. The van der Waals surface area contributed by atoms with Gasteiger partial charge < -0.3 is 10.6 Å². The second-order valence-electron chi connectivity index (χ2n) is 6.18. The van der Waals surface area contributed by atoms with E-state index >= 15 is 0 Å². The highest BCUT2D eigenvalue weighted by atomic mass is 35.5. The Balaban J connectivity index is 2.17. The third-order valence-corrected chi connectivity index (χ3v) is 5.45. The summed E-state index contributed by atoms with van der Waals surface area (Å²) in [5, 5.41) is 16.9. The van der Waals surface area contributed by atoms with Crippen LogP contribution < -0.4 is 10.6 Å². The molecule has 0 aliphatic heterocycles. The Kier molecular flexibility index (Phi) is 8.31. The molecular weight excluding hydrogens is 437 g/mol. The average molecular weight is 456 g/mol. The van der Waals surface area contributed by atoms with Gasteiger partial charge >= 0.3 is 0 Å². The van der Waals surface area contributed by atoms with Gasteiger partial charge in [0.05, 0.1) is 4.92 Å². The minimum Gasteiger partial charge on any atom is -0.340 e. The second kappa shape index (κ2) is 10.5. The van der Waals surface area contributed by atoms with Gasteiger partial charge in [0.25, 0.3) is 11.6 Å². The fourth-order valence-corrected chi connectivity index (χ4v) is 3.28. The molecule has 2 amide bonds. The van der Waals surface area contributed by atoms with Crippen molar-refractivity contribution in [1.82, 2.24) is 5.32 Å². The number of hydrogen-bond donors (Lipinski definition) is 2. The maximum absolute atomic E-state index is 12.7. The van der Waals surface area contributed by atoms with Crippen LogP contribution in [0.5, 0.6) is 0 Å². The van der Waals surface area contributed by atoms with Crippen LogP contribution in [0.15, 0.2) is 36.4 Å². The predicted molar refractivity (Wildman–Crippen MR) is 117 cm³/mol. The number of hydrogen-bond acceptors (Lipinski definition) is 5. The van der Waals surface area contributed by atoms with Gasteiger partial charge in [-0.3, -0.25) is 19.7 Å². The number of benzene rings is 2. The summed E-state index contributed by atoms with van der Waals surface area (Å²) in [4.78, 5) is 35.6. The lowest BCUT2D eigenvalue weighted by molar-refractivity contribution is -0.384. The molecule has 2 N–H and O–H groups in total. The number of carbonyl (C=O) groups is 2. The molecule has 0 saturated carbocycles. The first-order valence-electron chi connectivity index (χ1n) is 8.53. The molecule has 29 heavy (non-hydrogen) atoms. The molecule has 2 aromatic carbocycles. The molecule has 0 aromatic heterocycles. The fourth-order valence-electron chi connectivity index (χ4n) is 2.44. The topological polar surface area (TPSA) is 101 Å². The number of nitrogens with zero attached hydrogens (tertiary/aromatic N) is 1. The summed E-state index contributed by atoms with van der Waals surface area (Å²) < 4.78 is 0. The number of halogens is 2. The highest BCUT2D eigenvalue weighted by Crippen LogP contribution is 2.25. The minimum atomic E-state index is -0.829. The van der Waals surface area contributed by atoms with Crippen molar-refractivity contribution in [3.05, 3.63) is 67.7 Å². The lowest BCUT2D eigenvalue weighted by Gasteiger charge is -2.18. The zero-order valence-electron chi connectivity index (χ0n) is 15.7. The van der Waals surface area contributed by atoms with E-state index in [4.69, 9.17) is 23.2 Å². The maximum Gasteiger partial charge on any atom is 0.288 e. The molecule has 0 fully saturated rings. The van der Waals surface area contributed by atoms with Crippen LogP contribution in [0, 0.1) is 17.0 Å². The maximum atomic E-state index is 12.7. The molecule has 1 unspecified atom stereocenters. The largest absolute Gasteiger partial charge is 0.340 e. The summed E-state index contributed by atoms with van der Waals surface area (Å²) in [6.07, 6.45) is 2.27. The summed E-state index contributed by atoms with van der Waals surface area (Å²) >= 11 is 13.4. The summed E-state index contributed by atoms with van der Waals surface area (Å²) in [5.41, 5.74) is 1.05. The Morgan fingerprint density at radius 2 is 1.90 bits per heavy atom. The normalized spacial score (nSPS) is 11.6. The summed E-state index contributed by atoms with van der Waals surface area (Å²) in [6, 6.07) is 8.03. The van der Waals surface area contributed by atoms with Crippen molar-refractivity contribution in [1.29, 1.82) is 0 Å². The summed E-state index contributed by atoms with van der Waals surface area (Å²) in [6.45, 7) is 1.85. The van der Waals surface area contributed by atoms with Crippen molar-refractivity contribution in [2.75, 3.05) is 17.3 Å². The number of nitro groups is 1. The van der Waals surface area contributed by atoms with E-state index in [0.717, 1.165) is 11.6 Å². The van der Waals surface area contributed by atoms with E-state index in [9.17, 15) is 19.7 Å². The van der Waals surface area contributed by atoms with Crippen molar-refractivity contribution in [2.45, 2.75) is 19.4 Å². The van der Waals surface area contributed by atoms with E-state index in [1.54, 1.807) is 18.2 Å². The van der Waals surface area contributed by atoms with Crippen molar-refractivity contribution in [3.63, 3.8) is 0 Å². The molecule has 0 saturated heterocycles. The van der Waals surface area contributed by atoms with Crippen molar-refractivity contribution in [2.24, 2.45) is 0 Å². The van der Waals surface area contributed by atoms with Crippen LogP contribution in [0.2, 0.25) is 10.0 Å². The van der Waals surface area contributed by atoms with Gasteiger partial charge in [0.2, 0.25) is 5.91 Å². The van der Waals surface area contributed by atoms with E-state index < -0.39 is 22.8 Å². The van der Waals surface area contributed by atoms with Gasteiger partial charge in [-0.15, -0.1) is 0 Å². The SMILES string of the molecule is CSCCC(NC(=O)c1ccc(Cl)c([N+](=O)[O-])c1)C(=O)Nc1ccc(C)c(Cl)c1. The highest BCUT2D eigenvalue weighted by molar-refractivity contribution is 7.98. The van der Waals surface area contributed by atoms with Crippen molar-refractivity contribution in [3.8, 4) is 0 Å². The summed E-state index contributed by atoms with van der Waals surface area (Å²) in [5.74, 6) is -0.378. The van der Waals surface area contributed by atoms with E-state index in [-0.39, 0.29) is 16.3 Å². The highest BCUT2D eigenvalue weighted by Gasteiger charge is 2.23. The van der Waals surface area contributed by atoms with E-state index in [1.165, 1.54) is 23.9 Å². The smallest absolute Gasteiger partial charge is 0.288 e. The molecule has 0 spiro atoms. The van der Waals surface area contributed by atoms with Gasteiger partial charge in [-0.2, -0.15) is 11.8 Å². The molecule has 10 heteroatoms. The van der Waals surface area contributed by atoms with Gasteiger partial charge in [0, 0.05) is 22.3 Å². The molecule has 2 rings (SSSR count). The number of anilines is 1. The number of amides is 2. The lowest BCUT2D eigenvalue weighted by atomic mass is 10.1. The number of aryl methyl sites for hydroxylation is 1. The molecule has 7 nitrogen and oxygen atoms in total. The summed E-state index contributed by atoms with van der Waals surface area (Å²) in [7, 11) is 0. The van der Waals surface area contributed by atoms with E-state index in [0.29, 0.717) is 22.9 Å². The van der Waals surface area contributed by atoms with E-state index in [1.807, 2.05) is 13.2 Å². The second-order valence-corrected chi connectivity index (χ2v) is 7.98. The van der Waals surface area contributed by atoms with Crippen LogP contribution >= 0.6 is 35.0 Å². The van der Waals surface area contributed by atoms with Gasteiger partial charge in [-0.05, 0) is 55.2 Å². The number of nitro benzene ring substituents is 1. The van der Waals surface area contributed by atoms with Crippen LogP contribution in [0.1, 0.15) is 22.3 Å². The van der Waals surface area contributed by atoms with Gasteiger partial charge in [0.1, 0.15) is 11.1 Å². The number of carbonyl (C=O) groups excluding carboxylic acids is 2. The van der Waals surface area contributed by atoms with Crippen molar-refractivity contribution < 1.29 is 14.5 Å². The van der Waals surface area contributed by atoms with Gasteiger partial charge in [0.15, 0.2) is 0 Å². The molecule has 154 valence electrons. The molecule has 0 aliphatic rings. The Labute approximate surface area is 182 Å². The molecular formula is C19H19Cl2N3O4S. The Morgan fingerprint density at radius 3 is 2.52 bits per heavy atom. The predicted octanol–water partition coefficient (Wildman–Crippen LogP) is 4.70.